The van der Waals surface area contributed by atoms with Gasteiger partial charge in [0.2, 0.25) is 0 Å². The van der Waals surface area contributed by atoms with E-state index in [9.17, 15) is 0 Å². The maximum Gasteiger partial charge on any atom is 0.152 e. The number of benzene rings is 8. The summed E-state index contributed by atoms with van der Waals surface area (Å²) in [4.78, 5) is 4.81. The monoisotopic (exact) mass is 703 g/mol. The van der Waals surface area contributed by atoms with Crippen LogP contribution in [0.5, 0.6) is 0 Å². The van der Waals surface area contributed by atoms with Crippen LogP contribution in [0.3, 0.4) is 0 Å². The Bertz CT molecular complexity index is 2780. The Morgan fingerprint density at radius 1 is 0.418 bits per heavy atom. The van der Waals surface area contributed by atoms with Crippen molar-refractivity contribution in [2.45, 2.75) is 0 Å². The number of hydrogen-bond donors (Lipinski definition) is 1. The highest BCUT2D eigenvalue weighted by molar-refractivity contribution is 6.17. The van der Waals surface area contributed by atoms with Crippen molar-refractivity contribution in [2.24, 2.45) is 4.99 Å². The van der Waals surface area contributed by atoms with Gasteiger partial charge in [0.25, 0.3) is 0 Å². The summed E-state index contributed by atoms with van der Waals surface area (Å²) in [6, 6.07) is 71.9. The number of allylic oxidation sites excluding steroid dienone is 1. The Morgan fingerprint density at radius 3 is 1.44 bits per heavy atom. The molecule has 55 heavy (non-hydrogen) atoms. The molecule has 0 fully saturated rings. The van der Waals surface area contributed by atoms with E-state index >= 15 is 0 Å². The first kappa shape index (κ1) is 33.5. The van der Waals surface area contributed by atoms with Gasteiger partial charge in [-0.25, -0.2) is 4.99 Å². The SMILES string of the molecule is N=C(N=C(/C=C/c1ccccc1)c1ccccc1)c1ccc(-c2cc(-c3ccccc3)cc(-c3ccc(-n4c5ccccc5c5ccccc54)cc3)c2)cc1. The molecule has 0 bridgehead atoms. The minimum Gasteiger partial charge on any atom is -0.309 e. The number of aromatic nitrogens is 1. The van der Waals surface area contributed by atoms with Crippen LogP contribution in [-0.4, -0.2) is 16.1 Å². The van der Waals surface area contributed by atoms with Gasteiger partial charge in [0.05, 0.1) is 16.7 Å². The molecule has 0 saturated carbocycles. The van der Waals surface area contributed by atoms with Gasteiger partial charge in [-0.15, -0.1) is 0 Å². The summed E-state index contributed by atoms with van der Waals surface area (Å²) in [5.41, 5.74) is 13.9. The summed E-state index contributed by atoms with van der Waals surface area (Å²) in [5, 5.41) is 11.5. The number of fused-ring (bicyclic) bond motifs is 3. The lowest BCUT2D eigenvalue weighted by Gasteiger charge is -2.13. The van der Waals surface area contributed by atoms with E-state index in [4.69, 9.17) is 10.4 Å². The summed E-state index contributed by atoms with van der Waals surface area (Å²) in [6.45, 7) is 0. The molecule has 0 aliphatic carbocycles. The fourth-order valence-corrected chi connectivity index (χ4v) is 7.31. The van der Waals surface area contributed by atoms with Crippen LogP contribution in [0.1, 0.15) is 16.7 Å². The highest BCUT2D eigenvalue weighted by Crippen LogP contribution is 2.35. The van der Waals surface area contributed by atoms with Crippen molar-refractivity contribution in [1.29, 1.82) is 5.41 Å². The molecule has 1 N–H and O–H groups in total. The average molecular weight is 704 g/mol. The van der Waals surface area contributed by atoms with Gasteiger partial charge in [-0.2, -0.15) is 0 Å². The van der Waals surface area contributed by atoms with E-state index in [1.807, 2.05) is 72.8 Å². The van der Waals surface area contributed by atoms with E-state index in [1.54, 1.807) is 0 Å². The van der Waals surface area contributed by atoms with Gasteiger partial charge in [0, 0.05) is 27.6 Å². The normalized spacial score (nSPS) is 11.7. The molecule has 0 aliphatic heterocycles. The molecule has 0 radical (unpaired) electrons. The Labute approximate surface area is 321 Å². The standard InChI is InChI=1S/C52H37N3/c53-52(54-49(41-18-8-3-9-19-41)33-24-37-14-4-1-5-15-37)42-27-25-39(26-28-42)44-34-43(38-16-6-2-7-17-38)35-45(36-44)40-29-31-46(32-30-40)55-50-22-12-10-20-47(50)48-21-11-13-23-51(48)55/h1-36,53H/b33-24+,53-52?,54-49?. The average Bonchev–Trinajstić information content (AvgIpc) is 3.60. The Hall–Kier alpha value is -7.36. The predicted octanol–water partition coefficient (Wildman–Crippen LogP) is 13.3. The fourth-order valence-electron chi connectivity index (χ4n) is 7.31. The van der Waals surface area contributed by atoms with Crippen LogP contribution in [-0.2, 0) is 0 Å². The zero-order valence-electron chi connectivity index (χ0n) is 30.2. The number of amidine groups is 1. The lowest BCUT2D eigenvalue weighted by Crippen LogP contribution is -2.03. The minimum atomic E-state index is 0.213. The number of nitrogens with one attached hydrogen (secondary N) is 1. The topological polar surface area (TPSA) is 41.1 Å². The summed E-state index contributed by atoms with van der Waals surface area (Å²) in [5.74, 6) is 0.213. The highest BCUT2D eigenvalue weighted by Gasteiger charge is 2.13. The van der Waals surface area contributed by atoms with Crippen LogP contribution < -0.4 is 0 Å². The van der Waals surface area contributed by atoms with Gasteiger partial charge in [0.15, 0.2) is 5.84 Å². The number of para-hydroxylation sites is 2. The molecule has 0 saturated heterocycles. The molecule has 9 aromatic rings. The van der Waals surface area contributed by atoms with Gasteiger partial charge < -0.3 is 4.57 Å². The molecule has 0 spiro atoms. The van der Waals surface area contributed by atoms with Gasteiger partial charge in [-0.05, 0) is 87.5 Å². The molecule has 3 nitrogen and oxygen atoms in total. The first-order chi connectivity index (χ1) is 27.2. The lowest BCUT2D eigenvalue weighted by molar-refractivity contribution is 1.18. The van der Waals surface area contributed by atoms with Crippen molar-refractivity contribution in [3.8, 4) is 39.1 Å². The molecule has 9 rings (SSSR count). The first-order valence-corrected chi connectivity index (χ1v) is 18.5. The Morgan fingerprint density at radius 2 is 0.873 bits per heavy atom. The summed E-state index contributed by atoms with van der Waals surface area (Å²) >= 11 is 0. The predicted molar refractivity (Wildman–Crippen MR) is 232 cm³/mol. The highest BCUT2D eigenvalue weighted by atomic mass is 15.0. The van der Waals surface area contributed by atoms with Crippen molar-refractivity contribution in [2.75, 3.05) is 0 Å². The molecular weight excluding hydrogens is 667 g/mol. The second kappa shape index (κ2) is 14.9. The van der Waals surface area contributed by atoms with E-state index in [1.165, 1.54) is 21.8 Å². The second-order valence-corrected chi connectivity index (χ2v) is 13.6. The Balaban J connectivity index is 1.06. The molecule has 3 heteroatoms. The van der Waals surface area contributed by atoms with Crippen LogP contribution in [0.2, 0.25) is 0 Å². The molecule has 0 aliphatic rings. The quantitative estimate of drug-likeness (QED) is 0.121. The lowest BCUT2D eigenvalue weighted by atomic mass is 9.93. The zero-order chi connectivity index (χ0) is 37.0. The summed E-state index contributed by atoms with van der Waals surface area (Å²) in [6.07, 6.45) is 4.02. The van der Waals surface area contributed by atoms with Crippen LogP contribution in [0.25, 0.3) is 66.9 Å². The number of nitrogens with zero attached hydrogens (tertiary/aromatic N) is 2. The largest absolute Gasteiger partial charge is 0.309 e. The summed E-state index contributed by atoms with van der Waals surface area (Å²) in [7, 11) is 0. The van der Waals surface area contributed by atoms with Crippen LogP contribution in [0.15, 0.2) is 217 Å². The number of hydrogen-bond acceptors (Lipinski definition) is 1. The van der Waals surface area contributed by atoms with Gasteiger partial charge in [-0.3, -0.25) is 5.41 Å². The third-order valence-corrected chi connectivity index (χ3v) is 10.1. The van der Waals surface area contributed by atoms with E-state index in [0.29, 0.717) is 0 Å². The van der Waals surface area contributed by atoms with Crippen molar-refractivity contribution in [3.05, 3.63) is 229 Å². The molecule has 1 aromatic heterocycles. The van der Waals surface area contributed by atoms with E-state index in [0.717, 1.165) is 61.5 Å². The minimum absolute atomic E-state index is 0.213. The third kappa shape index (κ3) is 6.95. The van der Waals surface area contributed by atoms with Crippen molar-refractivity contribution >= 4 is 39.4 Å². The molecule has 0 amide bonds. The van der Waals surface area contributed by atoms with Gasteiger partial charge in [0.1, 0.15) is 0 Å². The van der Waals surface area contributed by atoms with Gasteiger partial charge in [-0.1, -0.05) is 170 Å². The van der Waals surface area contributed by atoms with Crippen LogP contribution in [0, 0.1) is 5.41 Å². The molecule has 0 unspecified atom stereocenters. The maximum atomic E-state index is 9.00. The number of rotatable bonds is 8. The van der Waals surface area contributed by atoms with Crippen molar-refractivity contribution < 1.29 is 0 Å². The first-order valence-electron chi connectivity index (χ1n) is 18.5. The molecule has 260 valence electrons. The summed E-state index contributed by atoms with van der Waals surface area (Å²) < 4.78 is 2.35. The molecule has 0 atom stereocenters. The maximum absolute atomic E-state index is 9.00. The Kier molecular flexibility index (Phi) is 9.09. The van der Waals surface area contributed by atoms with Crippen LogP contribution in [0.4, 0.5) is 0 Å². The smallest absolute Gasteiger partial charge is 0.152 e. The fraction of sp³-hybridized carbons (Fsp3) is 0. The van der Waals surface area contributed by atoms with Crippen molar-refractivity contribution in [1.82, 2.24) is 4.57 Å². The third-order valence-electron chi connectivity index (χ3n) is 10.1. The van der Waals surface area contributed by atoms with E-state index < -0.39 is 0 Å². The van der Waals surface area contributed by atoms with Gasteiger partial charge >= 0.3 is 0 Å². The van der Waals surface area contributed by atoms with E-state index in [2.05, 4.69) is 150 Å². The molecule has 1 heterocycles. The second-order valence-electron chi connectivity index (χ2n) is 13.6. The zero-order valence-corrected chi connectivity index (χ0v) is 30.2. The molecular formula is C52H37N3. The van der Waals surface area contributed by atoms with E-state index in [-0.39, 0.29) is 5.84 Å². The number of aliphatic imine (C=N–C) groups is 1. The van der Waals surface area contributed by atoms with Crippen molar-refractivity contribution in [3.63, 3.8) is 0 Å². The van der Waals surface area contributed by atoms with Crippen LogP contribution >= 0.6 is 0 Å². The molecule has 8 aromatic carbocycles.